The minimum absolute atomic E-state index is 0.0368. The van der Waals surface area contributed by atoms with E-state index < -0.39 is 10.0 Å². The fraction of sp³-hybridized carbons (Fsp3) is 0.458. The fourth-order valence-corrected chi connectivity index (χ4v) is 5.75. The highest BCUT2D eigenvalue weighted by Crippen LogP contribution is 2.34. The van der Waals surface area contributed by atoms with Gasteiger partial charge in [0.15, 0.2) is 11.5 Å². The lowest BCUT2D eigenvalue weighted by atomic mass is 9.95. The standard InChI is InChI=1S/C24H30N2O6S/c1-17(18-4-6-20(30-3)7-5-18)25(2)24(27)19-10-12-26(13-11-19)33(28,29)21-8-9-22-23(16-21)32-15-14-31-22/h4-9,16-17,19H,10-15H2,1-3H3. The molecule has 8 nitrogen and oxygen atoms in total. The first kappa shape index (κ1) is 23.4. The van der Waals surface area contributed by atoms with Crippen molar-refractivity contribution in [3.05, 3.63) is 48.0 Å². The van der Waals surface area contributed by atoms with Crippen LogP contribution in [-0.2, 0) is 14.8 Å². The Labute approximate surface area is 195 Å². The van der Waals surface area contributed by atoms with Crippen molar-refractivity contribution < 1.29 is 27.4 Å². The molecule has 2 aliphatic heterocycles. The molecular formula is C24H30N2O6S. The van der Waals surface area contributed by atoms with Gasteiger partial charge in [-0.1, -0.05) is 12.1 Å². The summed E-state index contributed by atoms with van der Waals surface area (Å²) >= 11 is 0. The molecule has 0 aromatic heterocycles. The van der Waals surface area contributed by atoms with Gasteiger partial charge in [-0.25, -0.2) is 8.42 Å². The highest BCUT2D eigenvalue weighted by atomic mass is 32.2. The van der Waals surface area contributed by atoms with E-state index in [1.807, 2.05) is 31.2 Å². The fourth-order valence-electron chi connectivity index (χ4n) is 4.26. The minimum Gasteiger partial charge on any atom is -0.497 e. The monoisotopic (exact) mass is 474 g/mol. The average molecular weight is 475 g/mol. The van der Waals surface area contributed by atoms with Gasteiger partial charge in [-0.2, -0.15) is 4.31 Å². The number of methoxy groups -OCH3 is 1. The Bertz CT molecular complexity index is 1090. The quantitative estimate of drug-likeness (QED) is 0.640. The molecule has 33 heavy (non-hydrogen) atoms. The molecule has 178 valence electrons. The Morgan fingerprint density at radius 2 is 1.70 bits per heavy atom. The van der Waals surface area contributed by atoms with Crippen molar-refractivity contribution in [1.82, 2.24) is 9.21 Å². The van der Waals surface area contributed by atoms with Gasteiger partial charge >= 0.3 is 0 Å². The molecule has 1 unspecified atom stereocenters. The largest absolute Gasteiger partial charge is 0.497 e. The van der Waals surface area contributed by atoms with Crippen LogP contribution in [0.25, 0.3) is 0 Å². The summed E-state index contributed by atoms with van der Waals surface area (Å²) in [6, 6.07) is 12.3. The van der Waals surface area contributed by atoms with E-state index in [4.69, 9.17) is 14.2 Å². The number of hydrogen-bond donors (Lipinski definition) is 0. The van der Waals surface area contributed by atoms with Crippen molar-refractivity contribution >= 4 is 15.9 Å². The number of nitrogens with zero attached hydrogens (tertiary/aromatic N) is 2. The van der Waals surface area contributed by atoms with E-state index in [0.29, 0.717) is 50.6 Å². The van der Waals surface area contributed by atoms with Crippen LogP contribution in [0.5, 0.6) is 17.2 Å². The Morgan fingerprint density at radius 1 is 1.06 bits per heavy atom. The highest BCUT2D eigenvalue weighted by Gasteiger charge is 2.34. The summed E-state index contributed by atoms with van der Waals surface area (Å²) in [7, 11) is -0.249. The first-order chi connectivity index (χ1) is 15.8. The van der Waals surface area contributed by atoms with Gasteiger partial charge in [0, 0.05) is 32.1 Å². The zero-order chi connectivity index (χ0) is 23.6. The van der Waals surface area contributed by atoms with E-state index in [0.717, 1.165) is 11.3 Å². The molecule has 4 rings (SSSR count). The van der Waals surface area contributed by atoms with E-state index >= 15 is 0 Å². The number of fused-ring (bicyclic) bond motifs is 1. The predicted octanol–water partition coefficient (Wildman–Crippen LogP) is 3.09. The Balaban J connectivity index is 1.38. The molecule has 1 amide bonds. The molecule has 0 radical (unpaired) electrons. The first-order valence-corrected chi connectivity index (χ1v) is 12.6. The second kappa shape index (κ2) is 9.61. The molecule has 1 fully saturated rings. The van der Waals surface area contributed by atoms with E-state index in [1.54, 1.807) is 31.2 Å². The van der Waals surface area contributed by atoms with E-state index in [2.05, 4.69) is 0 Å². The number of hydrogen-bond acceptors (Lipinski definition) is 6. The van der Waals surface area contributed by atoms with Gasteiger partial charge in [-0.3, -0.25) is 4.79 Å². The number of carbonyl (C=O) groups is 1. The number of sulfonamides is 1. The molecule has 0 spiro atoms. The van der Waals surface area contributed by atoms with Gasteiger partial charge in [0.05, 0.1) is 18.0 Å². The lowest BCUT2D eigenvalue weighted by Crippen LogP contribution is -2.44. The maximum atomic E-state index is 13.2. The Morgan fingerprint density at radius 3 is 2.33 bits per heavy atom. The summed E-state index contributed by atoms with van der Waals surface area (Å²) in [4.78, 5) is 15.1. The van der Waals surface area contributed by atoms with Gasteiger partial charge in [-0.05, 0) is 49.6 Å². The number of benzene rings is 2. The molecule has 0 aliphatic carbocycles. The van der Waals surface area contributed by atoms with Gasteiger partial charge in [-0.15, -0.1) is 0 Å². The van der Waals surface area contributed by atoms with Crippen LogP contribution >= 0.6 is 0 Å². The summed E-state index contributed by atoms with van der Waals surface area (Å²) in [5, 5.41) is 0. The molecular weight excluding hydrogens is 444 g/mol. The van der Waals surface area contributed by atoms with Crippen LogP contribution in [-0.4, -0.2) is 64.0 Å². The van der Waals surface area contributed by atoms with Gasteiger partial charge in [0.1, 0.15) is 19.0 Å². The molecule has 1 atom stereocenters. The van der Waals surface area contributed by atoms with Crippen LogP contribution in [0.1, 0.15) is 31.4 Å². The molecule has 2 aromatic rings. The predicted molar refractivity (Wildman–Crippen MR) is 123 cm³/mol. The van der Waals surface area contributed by atoms with Crippen molar-refractivity contribution in [3.63, 3.8) is 0 Å². The number of amides is 1. The Kier molecular flexibility index (Phi) is 6.81. The lowest BCUT2D eigenvalue weighted by Gasteiger charge is -2.34. The second-order valence-corrected chi connectivity index (χ2v) is 10.3. The molecule has 2 aromatic carbocycles. The van der Waals surface area contributed by atoms with Crippen LogP contribution in [0, 0.1) is 5.92 Å². The van der Waals surface area contributed by atoms with Gasteiger partial charge in [0.2, 0.25) is 15.9 Å². The van der Waals surface area contributed by atoms with E-state index in [-0.39, 0.29) is 22.8 Å². The van der Waals surface area contributed by atoms with Gasteiger partial charge < -0.3 is 19.1 Å². The summed E-state index contributed by atoms with van der Waals surface area (Å²) in [5.74, 6) is 1.60. The first-order valence-electron chi connectivity index (χ1n) is 11.1. The van der Waals surface area contributed by atoms with Crippen molar-refractivity contribution in [1.29, 1.82) is 0 Å². The molecule has 2 aliphatic rings. The van der Waals surface area contributed by atoms with E-state index in [1.165, 1.54) is 10.4 Å². The van der Waals surface area contributed by atoms with Crippen LogP contribution in [0.2, 0.25) is 0 Å². The molecule has 9 heteroatoms. The van der Waals surface area contributed by atoms with Gasteiger partial charge in [0.25, 0.3) is 0 Å². The topological polar surface area (TPSA) is 85.4 Å². The van der Waals surface area contributed by atoms with E-state index in [9.17, 15) is 13.2 Å². The zero-order valence-electron chi connectivity index (χ0n) is 19.2. The van der Waals surface area contributed by atoms with Crippen LogP contribution in [0.15, 0.2) is 47.4 Å². The third-order valence-electron chi connectivity index (χ3n) is 6.48. The second-order valence-electron chi connectivity index (χ2n) is 8.38. The SMILES string of the molecule is COc1ccc(C(C)N(C)C(=O)C2CCN(S(=O)(=O)c3ccc4c(c3)OCCO4)CC2)cc1. The average Bonchev–Trinajstić information content (AvgIpc) is 2.87. The molecule has 2 heterocycles. The molecule has 0 saturated carbocycles. The molecule has 1 saturated heterocycles. The van der Waals surface area contributed by atoms with Crippen molar-refractivity contribution in [2.75, 3.05) is 40.5 Å². The number of rotatable bonds is 6. The summed E-state index contributed by atoms with van der Waals surface area (Å²) in [5.41, 5.74) is 1.02. The summed E-state index contributed by atoms with van der Waals surface area (Å²) in [6.45, 7) is 3.44. The van der Waals surface area contributed by atoms with Crippen molar-refractivity contribution in [3.8, 4) is 17.2 Å². The maximum Gasteiger partial charge on any atom is 0.243 e. The number of ether oxygens (including phenoxy) is 3. The molecule has 0 N–H and O–H groups in total. The maximum absolute atomic E-state index is 13.2. The summed E-state index contributed by atoms with van der Waals surface area (Å²) < 4.78 is 44.0. The van der Waals surface area contributed by atoms with Crippen LogP contribution < -0.4 is 14.2 Å². The minimum atomic E-state index is -3.67. The van der Waals surface area contributed by atoms with Crippen molar-refractivity contribution in [2.24, 2.45) is 5.92 Å². The third kappa shape index (κ3) is 4.79. The van der Waals surface area contributed by atoms with Crippen LogP contribution in [0.3, 0.4) is 0 Å². The lowest BCUT2D eigenvalue weighted by molar-refractivity contribution is -0.137. The summed E-state index contributed by atoms with van der Waals surface area (Å²) in [6.07, 6.45) is 0.977. The Hall–Kier alpha value is -2.78. The highest BCUT2D eigenvalue weighted by molar-refractivity contribution is 7.89. The van der Waals surface area contributed by atoms with Crippen molar-refractivity contribution in [2.45, 2.75) is 30.7 Å². The zero-order valence-corrected chi connectivity index (χ0v) is 20.0. The third-order valence-corrected chi connectivity index (χ3v) is 8.38. The smallest absolute Gasteiger partial charge is 0.243 e. The molecule has 0 bridgehead atoms. The number of carbonyl (C=O) groups excluding carboxylic acids is 1. The normalized spacial score (nSPS) is 17.9. The number of piperidine rings is 1. The van der Waals surface area contributed by atoms with Crippen LogP contribution in [0.4, 0.5) is 0 Å².